The molecule has 0 saturated carbocycles. The van der Waals surface area contributed by atoms with Gasteiger partial charge in [0, 0.05) is 36.3 Å². The maximum Gasteiger partial charge on any atom is 0.417 e. The summed E-state index contributed by atoms with van der Waals surface area (Å²) < 4.78 is 36.2. The minimum Gasteiger partial charge on any atom is -0.329 e. The molecular formula is C27H39ClF3N3O2. The molecule has 0 unspecified atom stereocenters. The number of hydrogen-bond acceptors (Lipinski definition) is 5. The van der Waals surface area contributed by atoms with E-state index in [9.17, 15) is 22.8 Å². The van der Waals surface area contributed by atoms with E-state index in [2.05, 4.69) is 37.9 Å². The molecule has 9 heteroatoms. The third-order valence-electron chi connectivity index (χ3n) is 5.92. The minimum atomic E-state index is -4.45. The van der Waals surface area contributed by atoms with Gasteiger partial charge in [-0.15, -0.1) is 0 Å². The van der Waals surface area contributed by atoms with Gasteiger partial charge in [0.1, 0.15) is 0 Å². The number of carbonyl (C=O) groups excluding carboxylic acids is 2. The predicted molar refractivity (Wildman–Crippen MR) is 142 cm³/mol. The zero-order chi connectivity index (χ0) is 27.6. The summed E-state index contributed by atoms with van der Waals surface area (Å²) in [5.41, 5.74) is 5.15. The Hall–Kier alpha value is -2.26. The Morgan fingerprint density at radius 2 is 1.50 bits per heavy atom. The van der Waals surface area contributed by atoms with E-state index in [-0.39, 0.29) is 11.8 Å². The molecule has 2 aromatic rings. The molecule has 0 bridgehead atoms. The number of likely N-dealkylation sites (N-methyl/N-ethyl adjacent to an activating group) is 1. The molecule has 0 spiro atoms. The van der Waals surface area contributed by atoms with Crippen LogP contribution in [0.3, 0.4) is 0 Å². The van der Waals surface area contributed by atoms with Gasteiger partial charge in [-0.25, -0.2) is 0 Å². The van der Waals surface area contributed by atoms with Crippen molar-refractivity contribution in [3.63, 3.8) is 0 Å². The summed E-state index contributed by atoms with van der Waals surface area (Å²) in [5.74, 6) is 0. The van der Waals surface area contributed by atoms with Crippen LogP contribution in [-0.2, 0) is 6.18 Å². The molecule has 0 saturated heterocycles. The number of aldehydes is 1. The highest BCUT2D eigenvalue weighted by Gasteiger charge is 2.32. The van der Waals surface area contributed by atoms with Gasteiger partial charge < -0.3 is 11.1 Å². The van der Waals surface area contributed by atoms with E-state index >= 15 is 0 Å². The molecule has 202 valence electrons. The number of nitrogens with zero attached hydrogens (tertiary/aromatic N) is 1. The fourth-order valence-electron chi connectivity index (χ4n) is 3.80. The van der Waals surface area contributed by atoms with Gasteiger partial charge in [-0.05, 0) is 43.6 Å². The van der Waals surface area contributed by atoms with Crippen LogP contribution in [-0.4, -0.2) is 54.7 Å². The first-order chi connectivity index (χ1) is 17.1. The Bertz CT molecular complexity index is 872. The molecule has 0 aliphatic heterocycles. The number of carbonyl (C=O) groups is 2. The van der Waals surface area contributed by atoms with Crippen LogP contribution in [0.2, 0.25) is 0 Å². The van der Waals surface area contributed by atoms with Gasteiger partial charge in [0.15, 0.2) is 6.29 Å². The van der Waals surface area contributed by atoms with Gasteiger partial charge in [-0.3, -0.25) is 14.5 Å². The molecule has 0 heterocycles. The Morgan fingerprint density at radius 3 is 1.86 bits per heavy atom. The third kappa shape index (κ3) is 11.6. The highest BCUT2D eigenvalue weighted by molar-refractivity contribution is 6.67. The van der Waals surface area contributed by atoms with Gasteiger partial charge in [-0.2, -0.15) is 13.2 Å². The van der Waals surface area contributed by atoms with Crippen LogP contribution in [0.25, 0.3) is 0 Å². The fourth-order valence-corrected chi connectivity index (χ4v) is 3.93. The molecule has 0 atom stereocenters. The smallest absolute Gasteiger partial charge is 0.329 e. The van der Waals surface area contributed by atoms with Crippen molar-refractivity contribution in [1.29, 1.82) is 0 Å². The minimum absolute atomic E-state index is 0.197. The molecule has 3 N–H and O–H groups in total. The standard InChI is InChI=1S/C12H29N3.C8H5F3O.C7H5ClO/c1-5-12(6-2,11-14-10-9-13)15(7-3)8-4;9-8(10,11)7-4-2-1-3-6(7)5-12;8-7(9)6-4-2-1-3-5-6/h14H,5-11,13H2,1-4H3;1-5H;1-5H. The van der Waals surface area contributed by atoms with E-state index in [4.69, 9.17) is 17.3 Å². The maximum atomic E-state index is 12.1. The van der Waals surface area contributed by atoms with Crippen molar-refractivity contribution < 1.29 is 22.8 Å². The van der Waals surface area contributed by atoms with Crippen molar-refractivity contribution >= 4 is 23.1 Å². The summed E-state index contributed by atoms with van der Waals surface area (Å²) in [7, 11) is 0. The summed E-state index contributed by atoms with van der Waals surface area (Å²) in [4.78, 5) is 23.2. The van der Waals surface area contributed by atoms with E-state index < -0.39 is 17.0 Å². The molecular weight excluding hydrogens is 491 g/mol. The Balaban J connectivity index is 0.000000525. The lowest BCUT2D eigenvalue weighted by Gasteiger charge is -2.42. The number of rotatable bonds is 11. The number of hydrogen-bond donors (Lipinski definition) is 2. The third-order valence-corrected chi connectivity index (χ3v) is 6.14. The zero-order valence-corrected chi connectivity index (χ0v) is 22.3. The van der Waals surface area contributed by atoms with E-state index in [1.807, 2.05) is 6.07 Å². The average molecular weight is 530 g/mol. The zero-order valence-electron chi connectivity index (χ0n) is 21.6. The number of halogens is 4. The first-order valence-corrected chi connectivity index (χ1v) is 12.5. The normalized spacial score (nSPS) is 11.2. The molecule has 0 radical (unpaired) electrons. The second kappa shape index (κ2) is 18.1. The second-order valence-electron chi connectivity index (χ2n) is 7.91. The molecule has 0 aliphatic rings. The maximum absolute atomic E-state index is 12.1. The van der Waals surface area contributed by atoms with Gasteiger partial charge in [0.25, 0.3) is 5.24 Å². The van der Waals surface area contributed by atoms with Crippen molar-refractivity contribution in [2.45, 2.75) is 52.3 Å². The lowest BCUT2D eigenvalue weighted by atomic mass is 9.90. The van der Waals surface area contributed by atoms with Gasteiger partial charge in [-0.1, -0.05) is 76.2 Å². The van der Waals surface area contributed by atoms with Crippen molar-refractivity contribution in [2.24, 2.45) is 5.73 Å². The molecule has 5 nitrogen and oxygen atoms in total. The van der Waals surface area contributed by atoms with Crippen LogP contribution in [0.5, 0.6) is 0 Å². The molecule has 2 aromatic carbocycles. The largest absolute Gasteiger partial charge is 0.417 e. The Kier molecular flexibility index (Phi) is 16.9. The average Bonchev–Trinajstić information content (AvgIpc) is 2.89. The van der Waals surface area contributed by atoms with E-state index in [0.717, 1.165) is 44.9 Å². The van der Waals surface area contributed by atoms with Crippen molar-refractivity contribution in [1.82, 2.24) is 10.2 Å². The molecule has 36 heavy (non-hydrogen) atoms. The van der Waals surface area contributed by atoms with Crippen LogP contribution < -0.4 is 11.1 Å². The van der Waals surface area contributed by atoms with Crippen LogP contribution in [0, 0.1) is 0 Å². The number of benzene rings is 2. The van der Waals surface area contributed by atoms with Crippen molar-refractivity contribution in [2.75, 3.05) is 32.7 Å². The number of nitrogens with one attached hydrogen (secondary N) is 1. The summed E-state index contributed by atoms with van der Waals surface area (Å²) in [6.45, 7) is 14.0. The van der Waals surface area contributed by atoms with Gasteiger partial charge >= 0.3 is 6.18 Å². The molecule has 2 rings (SSSR count). The highest BCUT2D eigenvalue weighted by Crippen LogP contribution is 2.30. The molecule has 0 amide bonds. The molecule has 0 fully saturated rings. The van der Waals surface area contributed by atoms with E-state index in [0.29, 0.717) is 11.1 Å². The fraction of sp³-hybridized carbons (Fsp3) is 0.481. The monoisotopic (exact) mass is 529 g/mol. The lowest BCUT2D eigenvalue weighted by molar-refractivity contribution is -0.137. The van der Waals surface area contributed by atoms with Gasteiger partial charge in [0.2, 0.25) is 0 Å². The summed E-state index contributed by atoms with van der Waals surface area (Å²) in [6, 6.07) is 13.4. The molecule has 0 aromatic heterocycles. The van der Waals surface area contributed by atoms with Gasteiger partial charge in [0.05, 0.1) is 5.56 Å². The van der Waals surface area contributed by atoms with Crippen LogP contribution in [0.1, 0.15) is 66.8 Å². The topological polar surface area (TPSA) is 75.4 Å². The van der Waals surface area contributed by atoms with Crippen LogP contribution in [0.4, 0.5) is 13.2 Å². The van der Waals surface area contributed by atoms with Crippen LogP contribution in [0.15, 0.2) is 54.6 Å². The summed E-state index contributed by atoms with van der Waals surface area (Å²) in [6.07, 6.45) is -1.86. The SMILES string of the molecule is CCN(CC)C(CC)(CC)CNCCN.O=C(Cl)c1ccccc1.O=Cc1ccccc1C(F)(F)F. The lowest BCUT2D eigenvalue weighted by Crippen LogP contribution is -2.54. The predicted octanol–water partition coefficient (Wildman–Crippen LogP) is 6.02. The Labute approximate surface area is 218 Å². The van der Waals surface area contributed by atoms with E-state index in [1.165, 1.54) is 25.0 Å². The Morgan fingerprint density at radius 1 is 0.972 bits per heavy atom. The number of nitrogens with two attached hydrogens (primary N) is 1. The van der Waals surface area contributed by atoms with Crippen molar-refractivity contribution in [3.8, 4) is 0 Å². The van der Waals surface area contributed by atoms with E-state index in [1.54, 1.807) is 24.3 Å². The molecule has 0 aliphatic carbocycles. The van der Waals surface area contributed by atoms with Crippen molar-refractivity contribution in [3.05, 3.63) is 71.3 Å². The summed E-state index contributed by atoms with van der Waals surface area (Å²) >= 11 is 5.16. The highest BCUT2D eigenvalue weighted by atomic mass is 35.5. The quantitative estimate of drug-likeness (QED) is 0.211. The number of alkyl halides is 3. The second-order valence-corrected chi connectivity index (χ2v) is 8.26. The first-order valence-electron chi connectivity index (χ1n) is 12.1. The first kappa shape index (κ1) is 33.7. The summed E-state index contributed by atoms with van der Waals surface area (Å²) in [5, 5.41) is 3.05. The van der Waals surface area contributed by atoms with Crippen LogP contribution >= 0.6 is 11.6 Å².